The molecule has 1 aliphatic rings. The summed E-state index contributed by atoms with van der Waals surface area (Å²) in [5.41, 5.74) is 0. The van der Waals surface area contributed by atoms with Crippen LogP contribution >= 0.6 is 0 Å². The largest absolute Gasteiger partial charge is 0.332 e. The number of nitrogens with zero attached hydrogens (tertiary/aromatic N) is 3. The summed E-state index contributed by atoms with van der Waals surface area (Å²) in [5, 5.41) is 0. The van der Waals surface area contributed by atoms with Gasteiger partial charge in [0.2, 0.25) is 11.8 Å². The van der Waals surface area contributed by atoms with Crippen LogP contribution in [-0.2, 0) is 9.59 Å². The number of urea groups is 1. The first-order valence-electron chi connectivity index (χ1n) is 6.59. The number of barbiturate groups is 1. The molecule has 0 radical (unpaired) electrons. The fourth-order valence-corrected chi connectivity index (χ4v) is 1.87. The molecule has 0 aliphatic carbocycles. The molecule has 106 valence electrons. The molecule has 1 fully saturated rings. The van der Waals surface area contributed by atoms with Gasteiger partial charge in [-0.2, -0.15) is 0 Å². The Labute approximate surface area is 113 Å². The Bertz CT molecular complexity index is 369. The van der Waals surface area contributed by atoms with Crippen LogP contribution in [0.3, 0.4) is 0 Å². The molecule has 6 nitrogen and oxygen atoms in total. The molecule has 0 atom stereocenters. The van der Waals surface area contributed by atoms with Crippen LogP contribution in [0.25, 0.3) is 0 Å². The smallest absolute Gasteiger partial charge is 0.296 e. The predicted octanol–water partition coefficient (Wildman–Crippen LogP) is 1.30. The Kier molecular flexibility index (Phi) is 5.66. The zero-order chi connectivity index (χ0) is 14.4. The summed E-state index contributed by atoms with van der Waals surface area (Å²) >= 11 is 0. The lowest BCUT2D eigenvalue weighted by molar-refractivity contribution is -0.144. The van der Waals surface area contributed by atoms with Gasteiger partial charge in [-0.1, -0.05) is 26.2 Å². The quantitative estimate of drug-likeness (QED) is 0.414. The number of hydrogen-bond acceptors (Lipinski definition) is 4. The van der Waals surface area contributed by atoms with Crippen LogP contribution in [0.5, 0.6) is 0 Å². The van der Waals surface area contributed by atoms with Gasteiger partial charge in [0.25, 0.3) is 0 Å². The molecule has 0 spiro atoms. The van der Waals surface area contributed by atoms with E-state index in [-0.39, 0.29) is 0 Å². The van der Waals surface area contributed by atoms with Crippen LogP contribution in [0.1, 0.15) is 32.6 Å². The molecule has 0 aromatic heterocycles. The van der Waals surface area contributed by atoms with Crippen LogP contribution < -0.4 is 0 Å². The van der Waals surface area contributed by atoms with Crippen molar-refractivity contribution in [2.45, 2.75) is 32.6 Å². The molecule has 0 saturated carbocycles. The van der Waals surface area contributed by atoms with Crippen molar-refractivity contribution < 1.29 is 14.4 Å². The number of carbonyl (C=O) groups excluding carboxylic acids is 3. The summed E-state index contributed by atoms with van der Waals surface area (Å²) in [6.45, 7) is 2.74. The number of unbranched alkanes of at least 4 members (excludes halogenated alkanes) is 3. The van der Waals surface area contributed by atoms with Crippen LogP contribution in [0.4, 0.5) is 4.79 Å². The van der Waals surface area contributed by atoms with Crippen molar-refractivity contribution in [3.05, 3.63) is 0 Å². The van der Waals surface area contributed by atoms with Crippen molar-refractivity contribution in [1.82, 2.24) is 9.80 Å². The second kappa shape index (κ2) is 7.01. The maximum Gasteiger partial charge on any atom is 0.332 e. The average molecular weight is 267 g/mol. The summed E-state index contributed by atoms with van der Waals surface area (Å²) in [5.74, 6) is -1.98. The van der Waals surface area contributed by atoms with Crippen LogP contribution in [0.2, 0.25) is 0 Å². The molecule has 1 saturated heterocycles. The number of hydrogen-bond donors (Lipinski definition) is 0. The third-order valence-corrected chi connectivity index (χ3v) is 3.16. The summed E-state index contributed by atoms with van der Waals surface area (Å²) in [6, 6.07) is -0.595. The SMILES string of the molecule is CCCCCCN=CC1C(=O)N(C)C(=O)N(C)C1=O. The second-order valence-corrected chi connectivity index (χ2v) is 4.67. The third kappa shape index (κ3) is 3.62. The van der Waals surface area contributed by atoms with Crippen LogP contribution in [-0.4, -0.2) is 54.5 Å². The summed E-state index contributed by atoms with van der Waals surface area (Å²) < 4.78 is 0. The number of rotatable bonds is 6. The van der Waals surface area contributed by atoms with E-state index in [1.165, 1.54) is 20.3 Å². The van der Waals surface area contributed by atoms with Gasteiger partial charge in [-0.05, 0) is 6.42 Å². The van der Waals surface area contributed by atoms with E-state index in [2.05, 4.69) is 11.9 Å². The van der Waals surface area contributed by atoms with Gasteiger partial charge in [-0.3, -0.25) is 24.4 Å². The lowest BCUT2D eigenvalue weighted by Crippen LogP contribution is -2.57. The minimum Gasteiger partial charge on any atom is -0.296 e. The lowest BCUT2D eigenvalue weighted by atomic mass is 10.1. The van der Waals surface area contributed by atoms with E-state index in [0.29, 0.717) is 6.54 Å². The minimum absolute atomic E-state index is 0.509. The van der Waals surface area contributed by atoms with E-state index in [1.807, 2.05) is 0 Å². The van der Waals surface area contributed by atoms with Gasteiger partial charge in [0.1, 0.15) is 0 Å². The highest BCUT2D eigenvalue weighted by atomic mass is 16.2. The maximum absolute atomic E-state index is 11.8. The van der Waals surface area contributed by atoms with Gasteiger partial charge in [0.05, 0.1) is 0 Å². The van der Waals surface area contributed by atoms with Gasteiger partial charge in [0, 0.05) is 26.9 Å². The molecule has 4 amide bonds. The van der Waals surface area contributed by atoms with Crippen molar-refractivity contribution in [2.75, 3.05) is 20.6 Å². The van der Waals surface area contributed by atoms with E-state index in [9.17, 15) is 14.4 Å². The average Bonchev–Trinajstić information content (AvgIpc) is 2.41. The zero-order valence-electron chi connectivity index (χ0n) is 11.8. The maximum atomic E-state index is 11.8. The number of amides is 4. The molecular formula is C13H21N3O3. The molecule has 1 heterocycles. The molecule has 1 rings (SSSR count). The highest BCUT2D eigenvalue weighted by Crippen LogP contribution is 2.13. The summed E-state index contributed by atoms with van der Waals surface area (Å²) in [6.07, 6.45) is 5.73. The fraction of sp³-hybridized carbons (Fsp3) is 0.692. The lowest BCUT2D eigenvalue weighted by Gasteiger charge is -2.31. The van der Waals surface area contributed by atoms with Gasteiger partial charge in [-0.15, -0.1) is 0 Å². The van der Waals surface area contributed by atoms with Crippen molar-refractivity contribution in [3.8, 4) is 0 Å². The van der Waals surface area contributed by atoms with Crippen molar-refractivity contribution >= 4 is 24.1 Å². The topological polar surface area (TPSA) is 70.1 Å². The normalized spacial score (nSPS) is 17.9. The molecular weight excluding hydrogens is 246 g/mol. The monoisotopic (exact) mass is 267 g/mol. The Morgan fingerprint density at radius 2 is 1.63 bits per heavy atom. The first-order chi connectivity index (χ1) is 9.00. The molecule has 1 aliphatic heterocycles. The third-order valence-electron chi connectivity index (χ3n) is 3.16. The molecule has 0 aromatic carbocycles. The standard InChI is InChI=1S/C13H21N3O3/c1-4-5-6-7-8-14-9-10-11(17)15(2)13(19)16(3)12(10)18/h9-10H,4-8H2,1-3H3. The highest BCUT2D eigenvalue weighted by Gasteiger charge is 2.41. The predicted molar refractivity (Wildman–Crippen MR) is 71.9 cm³/mol. The molecule has 0 aromatic rings. The zero-order valence-corrected chi connectivity index (χ0v) is 11.8. The van der Waals surface area contributed by atoms with Gasteiger partial charge >= 0.3 is 6.03 Å². The van der Waals surface area contributed by atoms with E-state index in [0.717, 1.165) is 35.5 Å². The number of carbonyl (C=O) groups is 3. The fourth-order valence-electron chi connectivity index (χ4n) is 1.87. The minimum atomic E-state index is -0.959. The highest BCUT2D eigenvalue weighted by molar-refractivity contribution is 6.23. The van der Waals surface area contributed by atoms with E-state index < -0.39 is 23.8 Å². The van der Waals surface area contributed by atoms with Crippen molar-refractivity contribution in [3.63, 3.8) is 0 Å². The van der Waals surface area contributed by atoms with Gasteiger partial charge in [-0.25, -0.2) is 4.79 Å². The molecule has 0 N–H and O–H groups in total. The van der Waals surface area contributed by atoms with E-state index >= 15 is 0 Å². The van der Waals surface area contributed by atoms with Crippen LogP contribution in [0.15, 0.2) is 4.99 Å². The first-order valence-corrected chi connectivity index (χ1v) is 6.59. The Morgan fingerprint density at radius 3 is 2.16 bits per heavy atom. The number of aliphatic imine (C=N–C) groups is 1. The second-order valence-electron chi connectivity index (χ2n) is 4.67. The summed E-state index contributed by atoms with van der Waals surface area (Å²) in [4.78, 5) is 41.2. The van der Waals surface area contributed by atoms with E-state index in [1.54, 1.807) is 0 Å². The van der Waals surface area contributed by atoms with Crippen LogP contribution in [0, 0.1) is 5.92 Å². The Hall–Kier alpha value is -1.72. The van der Waals surface area contributed by atoms with E-state index in [4.69, 9.17) is 0 Å². The molecule has 0 unspecified atom stereocenters. The summed E-state index contributed by atoms with van der Waals surface area (Å²) in [7, 11) is 2.74. The van der Waals surface area contributed by atoms with Crippen molar-refractivity contribution in [1.29, 1.82) is 0 Å². The van der Waals surface area contributed by atoms with Crippen molar-refractivity contribution in [2.24, 2.45) is 10.9 Å². The Morgan fingerprint density at radius 1 is 1.05 bits per heavy atom. The molecule has 19 heavy (non-hydrogen) atoms. The molecule has 0 bridgehead atoms. The Balaban J connectivity index is 2.56. The molecule has 6 heteroatoms. The van der Waals surface area contributed by atoms with Gasteiger partial charge in [0.15, 0.2) is 5.92 Å². The number of imide groups is 2. The first kappa shape index (κ1) is 15.3. The van der Waals surface area contributed by atoms with Gasteiger partial charge < -0.3 is 0 Å².